The average molecular weight is 728 g/mol. The van der Waals surface area contributed by atoms with Crippen LogP contribution in [-0.2, 0) is 5.41 Å². The van der Waals surface area contributed by atoms with Gasteiger partial charge in [0.1, 0.15) is 0 Å². The number of fused-ring (bicyclic) bond motifs is 14. The van der Waals surface area contributed by atoms with Gasteiger partial charge in [-0.3, -0.25) is 0 Å². The second-order valence-electron chi connectivity index (χ2n) is 14.9. The van der Waals surface area contributed by atoms with Crippen LogP contribution in [-0.4, -0.2) is 9.97 Å². The zero-order valence-corrected chi connectivity index (χ0v) is 30.6. The van der Waals surface area contributed by atoms with Crippen LogP contribution in [0.1, 0.15) is 29.1 Å². The normalized spacial score (nSPS) is 14.3. The first-order chi connectivity index (χ1) is 30.3. The molecule has 0 N–H and O–H groups in total. The van der Waals surface area contributed by atoms with Crippen LogP contribution in [0, 0.1) is 0 Å². The van der Waals surface area contributed by atoms with Gasteiger partial charge in [-0.05, 0) is 89.3 Å². The van der Waals surface area contributed by atoms with E-state index in [1.807, 2.05) is 30.3 Å². The number of aromatic nitrogens is 2. The van der Waals surface area contributed by atoms with Crippen LogP contribution in [0.3, 0.4) is 0 Å². The number of nitrogens with zero attached hydrogens (tertiary/aromatic N) is 2. The van der Waals surface area contributed by atoms with Gasteiger partial charge in [-0.1, -0.05) is 194 Å². The summed E-state index contributed by atoms with van der Waals surface area (Å²) in [4.78, 5) is 10.5. The van der Waals surface area contributed by atoms with E-state index < -0.39 is 23.5 Å². The molecular weight excluding hydrogens is 689 g/mol. The molecule has 0 aliphatic heterocycles. The second kappa shape index (κ2) is 12.3. The van der Waals surface area contributed by atoms with Crippen LogP contribution in [0.5, 0.6) is 0 Å². The molecule has 1 aromatic heterocycles. The molecule has 2 aliphatic carbocycles. The maximum Gasteiger partial charge on any atom is 0.161 e. The summed E-state index contributed by atoms with van der Waals surface area (Å²) in [6.45, 7) is 0. The van der Waals surface area contributed by atoms with Crippen LogP contribution in [0.4, 0.5) is 0 Å². The van der Waals surface area contributed by atoms with Gasteiger partial charge in [0, 0.05) is 16.7 Å². The molecule has 1 spiro atoms. The summed E-state index contributed by atoms with van der Waals surface area (Å²) in [6, 6.07) is 59.6. The van der Waals surface area contributed by atoms with Crippen LogP contribution < -0.4 is 0 Å². The highest BCUT2D eigenvalue weighted by molar-refractivity contribution is 6.10. The standard InChI is InChI=1S/C55H34N2/c1-3-15-35(16-4-1)39-21-13-22-40(33-39)50-34-49(38-19-5-2-6-20-38)56-54(57-50)46-26-14-28-48-51(46)45-25-11-12-27-47(45)55(48)52-41-23-9-7-17-36(41)29-31-43(52)44-32-30-37-18-8-10-24-42(37)53(44)55/h1-34H/i2D,5D,6D,19D,20D. The minimum absolute atomic E-state index is 0.0288. The Morgan fingerprint density at radius 2 is 0.947 bits per heavy atom. The lowest BCUT2D eigenvalue weighted by molar-refractivity contribution is 0.809. The molecule has 1 heterocycles. The Balaban J connectivity index is 1.19. The molecule has 0 fully saturated rings. The topological polar surface area (TPSA) is 25.8 Å². The van der Waals surface area contributed by atoms with Crippen molar-refractivity contribution in [3.63, 3.8) is 0 Å². The van der Waals surface area contributed by atoms with Gasteiger partial charge in [0.15, 0.2) is 5.82 Å². The maximum atomic E-state index is 9.03. The third-order valence-corrected chi connectivity index (χ3v) is 12.0. The zero-order chi connectivity index (χ0) is 41.9. The lowest BCUT2D eigenvalue weighted by Gasteiger charge is -2.32. The van der Waals surface area contributed by atoms with Gasteiger partial charge in [0.2, 0.25) is 0 Å². The molecule has 57 heavy (non-hydrogen) atoms. The minimum atomic E-state index is -0.703. The Labute approximate surface area is 338 Å². The maximum absolute atomic E-state index is 9.03. The zero-order valence-electron chi connectivity index (χ0n) is 35.6. The summed E-state index contributed by atoms with van der Waals surface area (Å²) in [5.41, 5.74) is 13.1. The summed E-state index contributed by atoms with van der Waals surface area (Å²) >= 11 is 0. The van der Waals surface area contributed by atoms with Gasteiger partial charge in [-0.15, -0.1) is 0 Å². The predicted molar refractivity (Wildman–Crippen MR) is 235 cm³/mol. The van der Waals surface area contributed by atoms with Crippen molar-refractivity contribution in [2.24, 2.45) is 0 Å². The van der Waals surface area contributed by atoms with Crippen molar-refractivity contribution in [2.75, 3.05) is 0 Å². The molecule has 0 amide bonds. The molecule has 0 saturated heterocycles. The fourth-order valence-electron chi connectivity index (χ4n) is 9.69. The minimum Gasteiger partial charge on any atom is -0.228 e. The lowest BCUT2D eigenvalue weighted by atomic mass is 9.68. The second-order valence-corrected chi connectivity index (χ2v) is 14.9. The first-order valence-electron chi connectivity index (χ1n) is 21.8. The third-order valence-electron chi connectivity index (χ3n) is 12.0. The molecule has 2 aliphatic rings. The van der Waals surface area contributed by atoms with Crippen molar-refractivity contribution in [3.8, 4) is 67.3 Å². The molecule has 10 aromatic rings. The van der Waals surface area contributed by atoms with Gasteiger partial charge in [-0.25, -0.2) is 9.97 Å². The van der Waals surface area contributed by atoms with E-state index in [9.17, 15) is 0 Å². The molecule has 0 saturated carbocycles. The fraction of sp³-hybridized carbons (Fsp3) is 0.0182. The van der Waals surface area contributed by atoms with E-state index in [-0.39, 0.29) is 23.3 Å². The van der Waals surface area contributed by atoms with E-state index in [2.05, 4.69) is 140 Å². The SMILES string of the molecule is [2H]c1c([2H])c([2H])c(-c2cc(-c3cccc(-c4ccccc4)c3)nc(-c3cccc4c3-c3ccccc3C43c4c(ccc5ccccc45)-c4ccc5ccccc5c43)n2)c([2H])c1[2H]. The Kier molecular flexibility index (Phi) is 5.87. The first-order valence-corrected chi connectivity index (χ1v) is 19.3. The van der Waals surface area contributed by atoms with Crippen molar-refractivity contribution < 1.29 is 6.85 Å². The Bertz CT molecular complexity index is 3430. The quantitative estimate of drug-likeness (QED) is 0.180. The molecule has 12 rings (SSSR count). The van der Waals surface area contributed by atoms with Crippen molar-refractivity contribution in [1.82, 2.24) is 9.97 Å². The van der Waals surface area contributed by atoms with Gasteiger partial charge < -0.3 is 0 Å². The highest BCUT2D eigenvalue weighted by Crippen LogP contribution is 2.66. The molecule has 0 bridgehead atoms. The molecule has 2 nitrogen and oxygen atoms in total. The largest absolute Gasteiger partial charge is 0.228 e. The molecule has 0 radical (unpaired) electrons. The summed E-state index contributed by atoms with van der Waals surface area (Å²) < 4.78 is 43.6. The summed E-state index contributed by atoms with van der Waals surface area (Å²) in [5.74, 6) is 0.396. The van der Waals surface area contributed by atoms with E-state index >= 15 is 0 Å². The summed E-state index contributed by atoms with van der Waals surface area (Å²) in [7, 11) is 0. The van der Waals surface area contributed by atoms with Crippen molar-refractivity contribution in [1.29, 1.82) is 0 Å². The Morgan fingerprint density at radius 3 is 1.68 bits per heavy atom. The lowest BCUT2D eigenvalue weighted by Crippen LogP contribution is -2.26. The van der Waals surface area contributed by atoms with Crippen molar-refractivity contribution >= 4 is 21.5 Å². The number of benzene rings is 9. The van der Waals surface area contributed by atoms with Crippen LogP contribution in [0.2, 0.25) is 0 Å². The van der Waals surface area contributed by atoms with Gasteiger partial charge in [0.25, 0.3) is 0 Å². The van der Waals surface area contributed by atoms with Gasteiger partial charge in [-0.2, -0.15) is 0 Å². The molecule has 0 unspecified atom stereocenters. The molecule has 264 valence electrons. The van der Waals surface area contributed by atoms with E-state index in [4.69, 9.17) is 16.8 Å². The van der Waals surface area contributed by atoms with Gasteiger partial charge >= 0.3 is 0 Å². The highest BCUT2D eigenvalue weighted by Gasteiger charge is 2.53. The first kappa shape index (κ1) is 27.2. The Hall–Kier alpha value is -7.42. The average Bonchev–Trinajstić information content (AvgIpc) is 3.81. The fourth-order valence-corrected chi connectivity index (χ4v) is 9.69. The number of hydrogen-bond donors (Lipinski definition) is 0. The third kappa shape index (κ3) is 4.59. The van der Waals surface area contributed by atoms with Crippen molar-refractivity contribution in [2.45, 2.75) is 5.41 Å². The van der Waals surface area contributed by atoms with E-state index in [1.165, 1.54) is 49.4 Å². The molecular formula is C55H34N2. The molecule has 9 aromatic carbocycles. The Morgan fingerprint density at radius 1 is 0.386 bits per heavy atom. The molecule has 2 heteroatoms. The predicted octanol–water partition coefficient (Wildman–Crippen LogP) is 13.8. The summed E-state index contributed by atoms with van der Waals surface area (Å²) in [5, 5.41) is 4.72. The molecule has 0 atom stereocenters. The monoisotopic (exact) mass is 727 g/mol. The van der Waals surface area contributed by atoms with E-state index in [0.717, 1.165) is 38.9 Å². The summed E-state index contributed by atoms with van der Waals surface area (Å²) in [6.07, 6.45) is 0. The number of rotatable bonds is 4. The van der Waals surface area contributed by atoms with Crippen LogP contribution >= 0.6 is 0 Å². The van der Waals surface area contributed by atoms with E-state index in [1.54, 1.807) is 6.07 Å². The highest BCUT2D eigenvalue weighted by atomic mass is 14.9. The smallest absolute Gasteiger partial charge is 0.161 e. The van der Waals surface area contributed by atoms with E-state index in [0.29, 0.717) is 11.5 Å². The number of hydrogen-bond acceptors (Lipinski definition) is 2. The van der Waals surface area contributed by atoms with Crippen molar-refractivity contribution in [3.05, 3.63) is 228 Å². The van der Waals surface area contributed by atoms with Gasteiger partial charge in [0.05, 0.1) is 23.7 Å². The van der Waals surface area contributed by atoms with Crippen LogP contribution in [0.15, 0.2) is 206 Å². The van der Waals surface area contributed by atoms with Crippen LogP contribution in [0.25, 0.3) is 88.8 Å².